The molecule has 1 aromatic carbocycles. The second kappa shape index (κ2) is 4.76. The predicted molar refractivity (Wildman–Crippen MR) is 80.3 cm³/mol. The molecule has 0 aliphatic carbocycles. The van der Waals surface area contributed by atoms with E-state index in [9.17, 15) is 0 Å². The fourth-order valence-electron chi connectivity index (χ4n) is 2.57. The van der Waals surface area contributed by atoms with Crippen LogP contribution in [0.2, 0.25) is 0 Å². The molecule has 0 saturated carbocycles. The van der Waals surface area contributed by atoms with E-state index in [0.29, 0.717) is 0 Å². The van der Waals surface area contributed by atoms with Gasteiger partial charge in [-0.2, -0.15) is 5.10 Å². The summed E-state index contributed by atoms with van der Waals surface area (Å²) in [5.41, 5.74) is 2.71. The first-order chi connectivity index (χ1) is 10.8. The minimum Gasteiger partial charge on any atom is -0.295 e. The maximum Gasteiger partial charge on any atom is 0.194 e. The normalized spacial score (nSPS) is 11.4. The molecule has 0 spiro atoms. The summed E-state index contributed by atoms with van der Waals surface area (Å²) in [6.45, 7) is 2.76. The quantitative estimate of drug-likeness (QED) is 0.571. The third-order valence-electron chi connectivity index (χ3n) is 3.64. The maximum absolute atomic E-state index is 4.44. The van der Waals surface area contributed by atoms with Gasteiger partial charge in [-0.25, -0.2) is 19.3 Å². The van der Waals surface area contributed by atoms with Crippen molar-refractivity contribution in [3.63, 3.8) is 0 Å². The fraction of sp³-hybridized carbons (Fsp3) is 0.214. The monoisotopic (exact) mass is 294 g/mol. The number of aryl methyl sites for hydroxylation is 2. The van der Waals surface area contributed by atoms with E-state index < -0.39 is 0 Å². The molecule has 0 unspecified atom stereocenters. The van der Waals surface area contributed by atoms with E-state index in [-0.39, 0.29) is 0 Å². The number of imidazole rings is 1. The molecule has 0 amide bonds. The average molecular weight is 294 g/mol. The highest BCUT2D eigenvalue weighted by Gasteiger charge is 2.16. The van der Waals surface area contributed by atoms with Crippen LogP contribution in [0.15, 0.2) is 36.9 Å². The van der Waals surface area contributed by atoms with Crippen LogP contribution in [0.3, 0.4) is 0 Å². The van der Waals surface area contributed by atoms with Crippen LogP contribution in [0.25, 0.3) is 28.4 Å². The van der Waals surface area contributed by atoms with Crippen molar-refractivity contribution in [2.24, 2.45) is 7.05 Å². The fourth-order valence-corrected chi connectivity index (χ4v) is 2.57. The van der Waals surface area contributed by atoms with Crippen LogP contribution in [0.4, 0.5) is 0 Å². The second-order valence-corrected chi connectivity index (χ2v) is 4.88. The molecule has 0 aliphatic heterocycles. The van der Waals surface area contributed by atoms with Gasteiger partial charge in [-0.05, 0) is 19.1 Å². The minimum atomic E-state index is 0.730. The van der Waals surface area contributed by atoms with Crippen molar-refractivity contribution in [1.82, 2.24) is 39.3 Å². The molecule has 8 nitrogen and oxygen atoms in total. The SMILES string of the molecule is CCn1ncnc1-c1nccn1-c1cccc2c1nnn2C. The number of nitrogens with zero attached hydrogens (tertiary/aromatic N) is 8. The van der Waals surface area contributed by atoms with E-state index in [1.807, 2.05) is 47.6 Å². The smallest absolute Gasteiger partial charge is 0.194 e. The lowest BCUT2D eigenvalue weighted by Gasteiger charge is -2.08. The van der Waals surface area contributed by atoms with Gasteiger partial charge in [0, 0.05) is 26.0 Å². The van der Waals surface area contributed by atoms with Crippen LogP contribution >= 0.6 is 0 Å². The Morgan fingerprint density at radius 3 is 2.91 bits per heavy atom. The van der Waals surface area contributed by atoms with Gasteiger partial charge in [0.1, 0.15) is 11.8 Å². The molecule has 22 heavy (non-hydrogen) atoms. The Kier molecular flexibility index (Phi) is 2.75. The number of benzene rings is 1. The van der Waals surface area contributed by atoms with Crippen LogP contribution in [0, 0.1) is 0 Å². The average Bonchev–Trinajstić information content (AvgIpc) is 3.25. The molecule has 0 bridgehead atoms. The summed E-state index contributed by atoms with van der Waals surface area (Å²) in [7, 11) is 1.88. The van der Waals surface area contributed by atoms with Gasteiger partial charge in [-0.3, -0.25) is 4.57 Å². The zero-order valence-corrected chi connectivity index (χ0v) is 12.2. The van der Waals surface area contributed by atoms with E-state index in [4.69, 9.17) is 0 Å². The summed E-state index contributed by atoms with van der Waals surface area (Å²) >= 11 is 0. The first kappa shape index (κ1) is 12.7. The molecule has 3 aromatic heterocycles. The van der Waals surface area contributed by atoms with E-state index in [0.717, 1.165) is 34.9 Å². The molecule has 0 saturated heterocycles. The van der Waals surface area contributed by atoms with E-state index in [1.54, 1.807) is 17.2 Å². The van der Waals surface area contributed by atoms with Gasteiger partial charge in [-0.15, -0.1) is 5.10 Å². The number of rotatable bonds is 3. The van der Waals surface area contributed by atoms with Crippen LogP contribution in [0.1, 0.15) is 6.92 Å². The molecular formula is C14H14N8. The molecule has 0 radical (unpaired) electrons. The second-order valence-electron chi connectivity index (χ2n) is 4.88. The lowest BCUT2D eigenvalue weighted by atomic mass is 10.2. The molecule has 0 fully saturated rings. The summed E-state index contributed by atoms with van der Waals surface area (Å²) in [4.78, 5) is 8.77. The first-order valence-corrected chi connectivity index (χ1v) is 7.00. The van der Waals surface area contributed by atoms with E-state index >= 15 is 0 Å². The Morgan fingerprint density at radius 1 is 1.14 bits per heavy atom. The van der Waals surface area contributed by atoms with E-state index in [2.05, 4.69) is 25.4 Å². The highest BCUT2D eigenvalue weighted by molar-refractivity contribution is 5.84. The summed E-state index contributed by atoms with van der Waals surface area (Å²) < 4.78 is 5.53. The summed E-state index contributed by atoms with van der Waals surface area (Å²) in [6, 6.07) is 5.97. The Hall–Kier alpha value is -3.03. The molecule has 3 heterocycles. The largest absolute Gasteiger partial charge is 0.295 e. The van der Waals surface area contributed by atoms with Gasteiger partial charge in [0.15, 0.2) is 11.6 Å². The van der Waals surface area contributed by atoms with Gasteiger partial charge < -0.3 is 0 Å². The van der Waals surface area contributed by atoms with Crippen molar-refractivity contribution < 1.29 is 0 Å². The lowest BCUT2D eigenvalue weighted by molar-refractivity contribution is 0.661. The summed E-state index contributed by atoms with van der Waals surface area (Å²) in [6.07, 6.45) is 5.19. The van der Waals surface area contributed by atoms with Gasteiger partial charge >= 0.3 is 0 Å². The van der Waals surface area contributed by atoms with Gasteiger partial charge in [-0.1, -0.05) is 11.3 Å². The Labute approximate surface area is 126 Å². The number of hydrogen-bond donors (Lipinski definition) is 0. The third kappa shape index (κ3) is 1.73. The standard InChI is InChI=1S/C14H14N8/c1-3-22-14(16-9-17-22)13-15-7-8-21(13)11-6-4-5-10-12(11)18-19-20(10)2/h4-9H,3H2,1-2H3. The predicted octanol–water partition coefficient (Wildman–Crippen LogP) is 1.43. The highest BCUT2D eigenvalue weighted by atomic mass is 15.4. The molecule has 0 atom stereocenters. The van der Waals surface area contributed by atoms with Crippen molar-refractivity contribution in [2.75, 3.05) is 0 Å². The van der Waals surface area contributed by atoms with Gasteiger partial charge in [0.25, 0.3) is 0 Å². The van der Waals surface area contributed by atoms with Crippen LogP contribution in [-0.2, 0) is 13.6 Å². The zero-order chi connectivity index (χ0) is 15.1. The summed E-state index contributed by atoms with van der Waals surface area (Å²) in [5.74, 6) is 1.46. The molecule has 0 aliphatic rings. The molecule has 8 heteroatoms. The molecule has 110 valence electrons. The van der Waals surface area contributed by atoms with Crippen LogP contribution in [-0.4, -0.2) is 39.3 Å². The number of fused-ring (bicyclic) bond motifs is 1. The topological polar surface area (TPSA) is 79.2 Å². The maximum atomic E-state index is 4.44. The third-order valence-corrected chi connectivity index (χ3v) is 3.64. The molecular weight excluding hydrogens is 280 g/mol. The number of aromatic nitrogens is 8. The minimum absolute atomic E-state index is 0.730. The van der Waals surface area contributed by atoms with Crippen molar-refractivity contribution >= 4 is 11.0 Å². The zero-order valence-electron chi connectivity index (χ0n) is 12.2. The van der Waals surface area contributed by atoms with Crippen molar-refractivity contribution in [3.8, 4) is 17.3 Å². The first-order valence-electron chi connectivity index (χ1n) is 7.00. The van der Waals surface area contributed by atoms with Crippen molar-refractivity contribution in [1.29, 1.82) is 0 Å². The Balaban J connectivity index is 1.96. The summed E-state index contributed by atoms with van der Waals surface area (Å²) in [5, 5.41) is 12.6. The highest BCUT2D eigenvalue weighted by Crippen LogP contribution is 2.24. The van der Waals surface area contributed by atoms with E-state index in [1.165, 1.54) is 0 Å². The number of hydrogen-bond acceptors (Lipinski definition) is 5. The molecule has 4 aromatic rings. The van der Waals surface area contributed by atoms with Crippen molar-refractivity contribution in [2.45, 2.75) is 13.5 Å². The van der Waals surface area contributed by atoms with Crippen LogP contribution in [0.5, 0.6) is 0 Å². The van der Waals surface area contributed by atoms with Gasteiger partial charge in [0.05, 0.1) is 11.2 Å². The molecule has 4 rings (SSSR count). The molecule has 0 N–H and O–H groups in total. The lowest BCUT2D eigenvalue weighted by Crippen LogP contribution is -2.05. The van der Waals surface area contributed by atoms with Crippen LogP contribution < -0.4 is 0 Å². The Morgan fingerprint density at radius 2 is 2.05 bits per heavy atom. The van der Waals surface area contributed by atoms with Gasteiger partial charge in [0.2, 0.25) is 0 Å². The van der Waals surface area contributed by atoms with Crippen molar-refractivity contribution in [3.05, 3.63) is 36.9 Å². The Bertz CT molecular complexity index is 945.